The van der Waals surface area contributed by atoms with Crippen LogP contribution in [0.4, 0.5) is 0 Å². The van der Waals surface area contributed by atoms with Crippen molar-refractivity contribution < 1.29 is 9.53 Å². The molecule has 114 valence electrons. The van der Waals surface area contributed by atoms with Gasteiger partial charge in [0.25, 0.3) is 5.91 Å². The van der Waals surface area contributed by atoms with Gasteiger partial charge in [-0.15, -0.1) is 0 Å². The molecule has 6 nitrogen and oxygen atoms in total. The summed E-state index contributed by atoms with van der Waals surface area (Å²) in [4.78, 5) is 16.5. The molecule has 0 aromatic carbocycles. The first-order valence-electron chi connectivity index (χ1n) is 6.79. The summed E-state index contributed by atoms with van der Waals surface area (Å²) in [6.45, 7) is 4.89. The molecular weight excluding hydrogens is 288 g/mol. The van der Waals surface area contributed by atoms with E-state index in [1.807, 2.05) is 11.8 Å². The van der Waals surface area contributed by atoms with E-state index in [-0.39, 0.29) is 5.91 Å². The maximum atomic E-state index is 12.3. The van der Waals surface area contributed by atoms with E-state index in [0.717, 1.165) is 11.1 Å². The third-order valence-electron chi connectivity index (χ3n) is 3.00. The Kier molecular flexibility index (Phi) is 5.06. The maximum Gasteiger partial charge on any atom is 0.256 e. The van der Waals surface area contributed by atoms with Crippen LogP contribution in [0.1, 0.15) is 24.2 Å². The molecule has 2 heterocycles. The van der Waals surface area contributed by atoms with Crippen molar-refractivity contribution in [3.8, 4) is 5.75 Å². The largest absolute Gasteiger partial charge is 0.495 e. The zero-order chi connectivity index (χ0) is 15.4. The highest BCUT2D eigenvalue weighted by molar-refractivity contribution is 7.99. The summed E-state index contributed by atoms with van der Waals surface area (Å²) in [7, 11) is 3.35. The van der Waals surface area contributed by atoms with Gasteiger partial charge in [-0.05, 0) is 5.25 Å². The Morgan fingerprint density at radius 1 is 1.48 bits per heavy atom. The van der Waals surface area contributed by atoms with Gasteiger partial charge in [0, 0.05) is 25.5 Å². The van der Waals surface area contributed by atoms with Crippen molar-refractivity contribution in [2.24, 2.45) is 7.05 Å². The number of aromatic nitrogens is 3. The maximum absolute atomic E-state index is 12.3. The molecule has 0 unspecified atom stereocenters. The number of nitrogens with zero attached hydrogens (tertiary/aromatic N) is 3. The van der Waals surface area contributed by atoms with Gasteiger partial charge in [-0.1, -0.05) is 13.8 Å². The normalized spacial score (nSPS) is 11.1. The number of amides is 1. The van der Waals surface area contributed by atoms with Crippen molar-refractivity contribution in [3.63, 3.8) is 0 Å². The first-order chi connectivity index (χ1) is 10.0. The van der Waals surface area contributed by atoms with Crippen molar-refractivity contribution in [1.29, 1.82) is 0 Å². The van der Waals surface area contributed by atoms with Gasteiger partial charge >= 0.3 is 0 Å². The van der Waals surface area contributed by atoms with E-state index >= 15 is 0 Å². The molecule has 2 aromatic heterocycles. The molecule has 0 bridgehead atoms. The van der Waals surface area contributed by atoms with E-state index < -0.39 is 0 Å². The van der Waals surface area contributed by atoms with Crippen LogP contribution >= 0.6 is 11.8 Å². The van der Waals surface area contributed by atoms with Crippen LogP contribution in [0.3, 0.4) is 0 Å². The number of thioether (sulfide) groups is 1. The van der Waals surface area contributed by atoms with E-state index in [1.165, 1.54) is 6.20 Å². The highest BCUT2D eigenvalue weighted by atomic mass is 32.2. The van der Waals surface area contributed by atoms with E-state index in [9.17, 15) is 4.79 Å². The summed E-state index contributed by atoms with van der Waals surface area (Å²) < 4.78 is 7.03. The van der Waals surface area contributed by atoms with Crippen molar-refractivity contribution >= 4 is 28.7 Å². The molecular formula is C14H20N4O2S. The second kappa shape index (κ2) is 6.80. The third kappa shape index (κ3) is 3.47. The number of fused-ring (bicyclic) bond motifs is 1. The van der Waals surface area contributed by atoms with Crippen molar-refractivity contribution in [1.82, 2.24) is 20.1 Å². The van der Waals surface area contributed by atoms with Gasteiger partial charge in [-0.25, -0.2) is 4.98 Å². The van der Waals surface area contributed by atoms with E-state index in [1.54, 1.807) is 25.0 Å². The average Bonchev–Trinajstić information content (AvgIpc) is 2.84. The predicted octanol–water partition coefficient (Wildman–Crippen LogP) is 1.85. The molecule has 21 heavy (non-hydrogen) atoms. The molecule has 2 rings (SSSR count). The van der Waals surface area contributed by atoms with Crippen LogP contribution in [0, 0.1) is 0 Å². The summed E-state index contributed by atoms with van der Waals surface area (Å²) in [6, 6.07) is 0. The number of aryl methyl sites for hydroxylation is 1. The van der Waals surface area contributed by atoms with Gasteiger partial charge in [0.15, 0.2) is 5.65 Å². The highest BCUT2D eigenvalue weighted by Crippen LogP contribution is 2.27. The minimum Gasteiger partial charge on any atom is -0.495 e. The SMILES string of the molecule is COc1c(C(=O)NCCSC(C)C)cnc2c1cnn2C. The summed E-state index contributed by atoms with van der Waals surface area (Å²) in [6.07, 6.45) is 3.19. The summed E-state index contributed by atoms with van der Waals surface area (Å²) >= 11 is 1.81. The number of pyridine rings is 1. The van der Waals surface area contributed by atoms with Crippen LogP contribution in [-0.2, 0) is 7.05 Å². The lowest BCUT2D eigenvalue weighted by Gasteiger charge is -2.10. The molecule has 0 aliphatic rings. The Hall–Kier alpha value is -1.76. The summed E-state index contributed by atoms with van der Waals surface area (Å²) in [5.41, 5.74) is 1.13. The zero-order valence-corrected chi connectivity index (χ0v) is 13.5. The van der Waals surface area contributed by atoms with Crippen molar-refractivity contribution in [3.05, 3.63) is 18.0 Å². The minimum atomic E-state index is -0.172. The fraction of sp³-hybridized carbons (Fsp3) is 0.500. The Bertz CT molecular complexity index is 639. The number of ether oxygens (including phenoxy) is 1. The molecule has 2 aromatic rings. The number of carbonyl (C=O) groups excluding carboxylic acids is 1. The van der Waals surface area contributed by atoms with Crippen LogP contribution in [0.5, 0.6) is 5.75 Å². The first-order valence-corrected chi connectivity index (χ1v) is 7.84. The number of hydrogen-bond donors (Lipinski definition) is 1. The molecule has 0 aliphatic carbocycles. The van der Waals surface area contributed by atoms with Crippen LogP contribution in [-0.4, -0.2) is 45.3 Å². The Morgan fingerprint density at radius 3 is 2.90 bits per heavy atom. The van der Waals surface area contributed by atoms with Crippen molar-refractivity contribution in [2.75, 3.05) is 19.4 Å². The lowest BCUT2D eigenvalue weighted by Crippen LogP contribution is -2.26. The molecule has 0 fully saturated rings. The van der Waals surface area contributed by atoms with Crippen molar-refractivity contribution in [2.45, 2.75) is 19.1 Å². The lowest BCUT2D eigenvalue weighted by molar-refractivity contribution is 0.0953. The Morgan fingerprint density at radius 2 is 2.24 bits per heavy atom. The van der Waals surface area contributed by atoms with Gasteiger partial charge in [0.1, 0.15) is 11.3 Å². The molecule has 0 spiro atoms. The molecule has 0 radical (unpaired) electrons. The minimum absolute atomic E-state index is 0.172. The molecule has 7 heteroatoms. The zero-order valence-electron chi connectivity index (χ0n) is 12.7. The van der Waals surface area contributed by atoms with Gasteiger partial charge < -0.3 is 10.1 Å². The number of methoxy groups -OCH3 is 1. The van der Waals surface area contributed by atoms with Crippen LogP contribution < -0.4 is 10.1 Å². The molecule has 0 saturated carbocycles. The quantitative estimate of drug-likeness (QED) is 0.825. The second-order valence-electron chi connectivity index (χ2n) is 4.89. The predicted molar refractivity (Wildman–Crippen MR) is 85.0 cm³/mol. The molecule has 0 aliphatic heterocycles. The third-order valence-corrected chi connectivity index (χ3v) is 4.11. The van der Waals surface area contributed by atoms with Gasteiger partial charge in [-0.2, -0.15) is 16.9 Å². The first kappa shape index (κ1) is 15.6. The van der Waals surface area contributed by atoms with Crippen LogP contribution in [0.15, 0.2) is 12.4 Å². The number of hydrogen-bond acceptors (Lipinski definition) is 5. The Labute approximate surface area is 128 Å². The lowest BCUT2D eigenvalue weighted by atomic mass is 10.2. The van der Waals surface area contributed by atoms with Gasteiger partial charge in [-0.3, -0.25) is 9.48 Å². The standard InChI is InChI=1S/C14H20N4O2S/c1-9(2)21-6-5-15-14(19)11-7-16-13-10(12(11)20-4)8-17-18(13)3/h7-9H,5-6H2,1-4H3,(H,15,19). The molecule has 0 saturated heterocycles. The van der Waals surface area contributed by atoms with E-state index in [2.05, 4.69) is 29.2 Å². The fourth-order valence-electron chi connectivity index (χ4n) is 2.01. The fourth-order valence-corrected chi connectivity index (χ4v) is 2.70. The van der Waals surface area contributed by atoms with Gasteiger partial charge in [0.2, 0.25) is 0 Å². The molecule has 1 N–H and O–H groups in total. The highest BCUT2D eigenvalue weighted by Gasteiger charge is 2.17. The van der Waals surface area contributed by atoms with Crippen LogP contribution in [0.25, 0.3) is 11.0 Å². The Balaban J connectivity index is 2.15. The number of carbonyl (C=O) groups is 1. The number of rotatable bonds is 6. The summed E-state index contributed by atoms with van der Waals surface area (Å²) in [5, 5.41) is 8.33. The van der Waals surface area contributed by atoms with E-state index in [4.69, 9.17) is 4.74 Å². The van der Waals surface area contributed by atoms with Crippen LogP contribution in [0.2, 0.25) is 0 Å². The summed E-state index contributed by atoms with van der Waals surface area (Å²) in [5.74, 6) is 1.23. The molecule has 1 amide bonds. The van der Waals surface area contributed by atoms with Gasteiger partial charge in [0.05, 0.1) is 18.7 Å². The average molecular weight is 308 g/mol. The smallest absolute Gasteiger partial charge is 0.256 e. The number of nitrogens with one attached hydrogen (secondary N) is 1. The topological polar surface area (TPSA) is 69.0 Å². The second-order valence-corrected chi connectivity index (χ2v) is 6.57. The monoisotopic (exact) mass is 308 g/mol. The molecule has 0 atom stereocenters. The van der Waals surface area contributed by atoms with E-state index in [0.29, 0.717) is 28.8 Å².